The Morgan fingerprint density at radius 2 is 2.50 bits per heavy atom. The fourth-order valence-electron chi connectivity index (χ4n) is 1.66. The molecule has 0 bridgehead atoms. The summed E-state index contributed by atoms with van der Waals surface area (Å²) in [6.07, 6.45) is 1.36. The summed E-state index contributed by atoms with van der Waals surface area (Å²) in [6.45, 7) is 2.56. The second-order valence-corrected chi connectivity index (χ2v) is 3.60. The van der Waals surface area contributed by atoms with Crippen molar-refractivity contribution in [2.45, 2.75) is 25.6 Å². The van der Waals surface area contributed by atoms with Gasteiger partial charge in [0, 0.05) is 12.8 Å². The van der Waals surface area contributed by atoms with Crippen molar-refractivity contribution in [1.82, 2.24) is 9.78 Å². The van der Waals surface area contributed by atoms with Crippen LogP contribution >= 0.6 is 0 Å². The first kappa shape index (κ1) is 9.45. The lowest BCUT2D eigenvalue weighted by atomic mass is 10.1. The Morgan fingerprint density at radius 3 is 3.07 bits per heavy atom. The maximum Gasteiger partial charge on any atom is 0.146 e. The highest BCUT2D eigenvalue weighted by molar-refractivity contribution is 5.39. The van der Waals surface area contributed by atoms with Crippen molar-refractivity contribution < 1.29 is 9.13 Å². The Bertz CT molecular complexity index is 306. The molecule has 0 saturated carbocycles. The molecule has 78 valence electrons. The van der Waals surface area contributed by atoms with Crippen LogP contribution in [0, 0.1) is 6.92 Å². The van der Waals surface area contributed by atoms with E-state index < -0.39 is 6.17 Å². The van der Waals surface area contributed by atoms with Gasteiger partial charge in [-0.1, -0.05) is 0 Å². The molecule has 1 aliphatic rings. The van der Waals surface area contributed by atoms with Crippen LogP contribution in [-0.2, 0) is 4.74 Å². The SMILES string of the molecule is Cc1nn(C2CCOCC2F)cc1N. The molecule has 0 amide bonds. The minimum atomic E-state index is -0.984. The summed E-state index contributed by atoms with van der Waals surface area (Å²) in [5.41, 5.74) is 7.02. The molecule has 2 atom stereocenters. The summed E-state index contributed by atoms with van der Waals surface area (Å²) in [5, 5.41) is 4.18. The van der Waals surface area contributed by atoms with E-state index in [2.05, 4.69) is 5.10 Å². The topological polar surface area (TPSA) is 53.1 Å². The number of ether oxygens (including phenoxy) is 1. The zero-order valence-electron chi connectivity index (χ0n) is 8.11. The molecule has 1 saturated heterocycles. The van der Waals surface area contributed by atoms with Gasteiger partial charge in [-0.25, -0.2) is 4.39 Å². The number of anilines is 1. The van der Waals surface area contributed by atoms with Gasteiger partial charge in [-0.05, 0) is 13.3 Å². The Morgan fingerprint density at radius 1 is 1.71 bits per heavy atom. The summed E-state index contributed by atoms with van der Waals surface area (Å²) in [6, 6.07) is -0.222. The van der Waals surface area contributed by atoms with Gasteiger partial charge >= 0.3 is 0 Å². The molecular weight excluding hydrogens is 185 g/mol. The molecule has 2 N–H and O–H groups in total. The summed E-state index contributed by atoms with van der Waals surface area (Å²) in [5.74, 6) is 0. The van der Waals surface area contributed by atoms with E-state index in [-0.39, 0.29) is 12.6 Å². The summed E-state index contributed by atoms with van der Waals surface area (Å²) >= 11 is 0. The first-order valence-electron chi connectivity index (χ1n) is 4.71. The van der Waals surface area contributed by atoms with Gasteiger partial charge in [-0.15, -0.1) is 0 Å². The van der Waals surface area contributed by atoms with Crippen molar-refractivity contribution in [3.05, 3.63) is 11.9 Å². The molecule has 1 aliphatic heterocycles. The Balaban J connectivity index is 2.20. The predicted octanol–water partition coefficient (Wildman–Crippen LogP) is 1.07. The van der Waals surface area contributed by atoms with Crippen molar-refractivity contribution in [2.75, 3.05) is 18.9 Å². The average molecular weight is 199 g/mol. The van der Waals surface area contributed by atoms with Gasteiger partial charge in [0.05, 0.1) is 24.0 Å². The lowest BCUT2D eigenvalue weighted by molar-refractivity contribution is -0.000187. The molecule has 4 nitrogen and oxygen atoms in total. The van der Waals surface area contributed by atoms with Crippen LogP contribution in [0.3, 0.4) is 0 Å². The van der Waals surface area contributed by atoms with Crippen LogP contribution in [0.5, 0.6) is 0 Å². The largest absolute Gasteiger partial charge is 0.396 e. The molecule has 2 heterocycles. The van der Waals surface area contributed by atoms with E-state index in [4.69, 9.17) is 10.5 Å². The van der Waals surface area contributed by atoms with Crippen LogP contribution < -0.4 is 5.73 Å². The number of hydrogen-bond donors (Lipinski definition) is 1. The van der Waals surface area contributed by atoms with E-state index in [1.165, 1.54) is 0 Å². The second-order valence-electron chi connectivity index (χ2n) is 3.60. The second kappa shape index (κ2) is 3.57. The lowest BCUT2D eigenvalue weighted by Gasteiger charge is -2.26. The van der Waals surface area contributed by atoms with E-state index in [0.29, 0.717) is 18.7 Å². The zero-order valence-corrected chi connectivity index (χ0v) is 8.11. The van der Waals surface area contributed by atoms with Gasteiger partial charge in [0.15, 0.2) is 0 Å². The van der Waals surface area contributed by atoms with Gasteiger partial charge in [0.1, 0.15) is 6.17 Å². The molecule has 2 rings (SSSR count). The minimum absolute atomic E-state index is 0.156. The number of hydrogen-bond acceptors (Lipinski definition) is 3. The maximum atomic E-state index is 13.4. The number of alkyl halides is 1. The molecule has 0 aliphatic carbocycles. The molecule has 1 aromatic heterocycles. The first-order chi connectivity index (χ1) is 6.68. The van der Waals surface area contributed by atoms with Gasteiger partial charge in [0.2, 0.25) is 0 Å². The van der Waals surface area contributed by atoms with E-state index >= 15 is 0 Å². The maximum absolute atomic E-state index is 13.4. The molecule has 0 radical (unpaired) electrons. The van der Waals surface area contributed by atoms with Crippen LogP contribution in [0.2, 0.25) is 0 Å². The van der Waals surface area contributed by atoms with Gasteiger partial charge in [-0.3, -0.25) is 4.68 Å². The fraction of sp³-hybridized carbons (Fsp3) is 0.667. The monoisotopic (exact) mass is 199 g/mol. The van der Waals surface area contributed by atoms with E-state index in [1.807, 2.05) is 6.92 Å². The van der Waals surface area contributed by atoms with Crippen molar-refractivity contribution in [3.63, 3.8) is 0 Å². The van der Waals surface area contributed by atoms with Crippen LogP contribution in [0.1, 0.15) is 18.2 Å². The third kappa shape index (κ3) is 1.59. The van der Waals surface area contributed by atoms with Crippen LogP contribution in [0.4, 0.5) is 10.1 Å². The Labute approximate surface area is 81.8 Å². The van der Waals surface area contributed by atoms with Crippen LogP contribution in [-0.4, -0.2) is 29.2 Å². The third-order valence-corrected chi connectivity index (χ3v) is 2.55. The molecule has 5 heteroatoms. The lowest BCUT2D eigenvalue weighted by Crippen LogP contribution is -2.31. The highest BCUT2D eigenvalue weighted by atomic mass is 19.1. The summed E-state index contributed by atoms with van der Waals surface area (Å²) in [4.78, 5) is 0. The van der Waals surface area contributed by atoms with Gasteiger partial charge in [0.25, 0.3) is 0 Å². The number of halogens is 1. The predicted molar refractivity (Wildman–Crippen MR) is 50.7 cm³/mol. The standard InChI is InChI=1S/C9H14FN3O/c1-6-8(11)4-13(12-6)9-2-3-14-5-7(9)10/h4,7,9H,2-3,5,11H2,1H3. The van der Waals surface area contributed by atoms with E-state index in [0.717, 1.165) is 5.69 Å². The number of nitrogens with two attached hydrogens (primary N) is 1. The fourth-order valence-corrected chi connectivity index (χ4v) is 1.66. The number of rotatable bonds is 1. The summed E-state index contributed by atoms with van der Waals surface area (Å²) < 4.78 is 20.1. The Hall–Kier alpha value is -1.10. The average Bonchev–Trinajstić information content (AvgIpc) is 2.48. The zero-order chi connectivity index (χ0) is 10.1. The van der Waals surface area contributed by atoms with Gasteiger partial charge < -0.3 is 10.5 Å². The Kier molecular flexibility index (Phi) is 2.41. The van der Waals surface area contributed by atoms with Crippen LogP contribution in [0.15, 0.2) is 6.20 Å². The highest BCUT2D eigenvalue weighted by Crippen LogP contribution is 2.24. The molecular formula is C9H14FN3O. The molecule has 1 aromatic rings. The number of aromatic nitrogens is 2. The number of nitrogen functional groups attached to an aromatic ring is 1. The van der Waals surface area contributed by atoms with E-state index in [1.54, 1.807) is 10.9 Å². The third-order valence-electron chi connectivity index (χ3n) is 2.55. The minimum Gasteiger partial charge on any atom is -0.396 e. The molecule has 1 fully saturated rings. The first-order valence-corrected chi connectivity index (χ1v) is 4.71. The van der Waals surface area contributed by atoms with E-state index in [9.17, 15) is 4.39 Å². The molecule has 14 heavy (non-hydrogen) atoms. The molecule has 0 spiro atoms. The number of nitrogens with zero attached hydrogens (tertiary/aromatic N) is 2. The molecule has 0 aromatic carbocycles. The van der Waals surface area contributed by atoms with Crippen molar-refractivity contribution in [2.24, 2.45) is 0 Å². The summed E-state index contributed by atoms with van der Waals surface area (Å²) in [7, 11) is 0. The van der Waals surface area contributed by atoms with Crippen molar-refractivity contribution >= 4 is 5.69 Å². The number of aryl methyl sites for hydroxylation is 1. The molecule has 2 unspecified atom stereocenters. The van der Waals surface area contributed by atoms with Crippen molar-refractivity contribution in [1.29, 1.82) is 0 Å². The normalized spacial score (nSPS) is 27.9. The smallest absolute Gasteiger partial charge is 0.146 e. The van der Waals surface area contributed by atoms with Crippen LogP contribution in [0.25, 0.3) is 0 Å². The quantitative estimate of drug-likeness (QED) is 0.736. The highest BCUT2D eigenvalue weighted by Gasteiger charge is 2.27. The van der Waals surface area contributed by atoms with Crippen molar-refractivity contribution in [3.8, 4) is 0 Å². The van der Waals surface area contributed by atoms with Gasteiger partial charge in [-0.2, -0.15) is 5.10 Å².